The minimum atomic E-state index is -0.191. The Hall–Kier alpha value is -1.14. The number of nitrogen functional groups attached to an aromatic ring is 1. The first-order valence-electron chi connectivity index (χ1n) is 5.44. The second kappa shape index (κ2) is 5.46. The normalized spacial score (nSPS) is 19.2. The maximum atomic E-state index is 11.9. The van der Waals surface area contributed by atoms with Gasteiger partial charge in [0.2, 0.25) is 0 Å². The zero-order valence-electron chi connectivity index (χ0n) is 9.28. The van der Waals surface area contributed by atoms with Crippen molar-refractivity contribution >= 4 is 27.7 Å². The van der Waals surface area contributed by atoms with Crippen LogP contribution in [0.15, 0.2) is 16.7 Å². The minimum Gasteiger partial charge on any atom is -0.383 e. The van der Waals surface area contributed by atoms with E-state index in [0.29, 0.717) is 24.6 Å². The Morgan fingerprint density at radius 1 is 1.71 bits per heavy atom. The summed E-state index contributed by atoms with van der Waals surface area (Å²) in [6.45, 7) is 2.11. The second-order valence-corrected chi connectivity index (χ2v) is 4.94. The van der Waals surface area contributed by atoms with Crippen molar-refractivity contribution in [2.45, 2.75) is 6.42 Å². The van der Waals surface area contributed by atoms with E-state index in [9.17, 15) is 4.79 Å². The van der Waals surface area contributed by atoms with Crippen LogP contribution in [0.2, 0.25) is 0 Å². The van der Waals surface area contributed by atoms with Gasteiger partial charge in [-0.1, -0.05) is 0 Å². The number of nitrogens with one attached hydrogen (secondary N) is 1. The Kier molecular flexibility index (Phi) is 3.96. The molecule has 2 heterocycles. The summed E-state index contributed by atoms with van der Waals surface area (Å²) in [5.74, 6) is 0.455. The zero-order chi connectivity index (χ0) is 12.3. The molecule has 0 aromatic carbocycles. The molecule has 6 heteroatoms. The van der Waals surface area contributed by atoms with E-state index in [4.69, 9.17) is 10.5 Å². The molecule has 0 bridgehead atoms. The molecule has 1 unspecified atom stereocenters. The molecule has 3 N–H and O–H groups in total. The number of carbonyl (C=O) groups is 1. The van der Waals surface area contributed by atoms with Crippen molar-refractivity contribution in [2.24, 2.45) is 5.92 Å². The van der Waals surface area contributed by atoms with Crippen LogP contribution in [0.3, 0.4) is 0 Å². The lowest BCUT2D eigenvalue weighted by molar-refractivity contribution is 0.0945. The number of carbonyl (C=O) groups excluding carboxylic acids is 1. The fraction of sp³-hybridized carbons (Fsp3) is 0.455. The number of rotatable bonds is 3. The van der Waals surface area contributed by atoms with Crippen LogP contribution in [-0.2, 0) is 4.74 Å². The number of anilines is 1. The molecule has 1 fully saturated rings. The molecule has 0 radical (unpaired) electrons. The van der Waals surface area contributed by atoms with E-state index in [0.717, 1.165) is 17.5 Å². The largest absolute Gasteiger partial charge is 0.383 e. The standard InChI is InChI=1S/C11H14BrN3O2/c12-8-3-9(10(13)14-5-8)11(16)15-4-7-1-2-17-6-7/h3,5,7H,1-2,4,6H2,(H2,13,14)(H,15,16). The Balaban J connectivity index is 1.96. The van der Waals surface area contributed by atoms with Gasteiger partial charge in [0.1, 0.15) is 5.82 Å². The molecule has 17 heavy (non-hydrogen) atoms. The zero-order valence-corrected chi connectivity index (χ0v) is 10.9. The third kappa shape index (κ3) is 3.17. The van der Waals surface area contributed by atoms with Gasteiger partial charge in [-0.3, -0.25) is 4.79 Å². The van der Waals surface area contributed by atoms with Crippen LogP contribution in [-0.4, -0.2) is 30.6 Å². The van der Waals surface area contributed by atoms with Gasteiger partial charge >= 0.3 is 0 Å². The van der Waals surface area contributed by atoms with Gasteiger partial charge in [-0.25, -0.2) is 4.98 Å². The number of amides is 1. The summed E-state index contributed by atoms with van der Waals surface area (Å²) < 4.78 is 5.98. The van der Waals surface area contributed by atoms with Gasteiger partial charge in [-0.2, -0.15) is 0 Å². The van der Waals surface area contributed by atoms with Gasteiger partial charge in [0.05, 0.1) is 12.2 Å². The molecule has 1 aliphatic rings. The van der Waals surface area contributed by atoms with E-state index < -0.39 is 0 Å². The summed E-state index contributed by atoms with van der Waals surface area (Å²) in [4.78, 5) is 15.8. The lowest BCUT2D eigenvalue weighted by Gasteiger charge is -2.10. The summed E-state index contributed by atoms with van der Waals surface area (Å²) in [7, 11) is 0. The average molecular weight is 300 g/mol. The first-order chi connectivity index (χ1) is 8.16. The molecule has 2 rings (SSSR count). The molecule has 92 valence electrons. The summed E-state index contributed by atoms with van der Waals surface area (Å²) in [6, 6.07) is 1.67. The highest BCUT2D eigenvalue weighted by Gasteiger charge is 2.18. The highest BCUT2D eigenvalue weighted by Crippen LogP contribution is 2.16. The lowest BCUT2D eigenvalue weighted by Crippen LogP contribution is -2.30. The topological polar surface area (TPSA) is 77.2 Å². The molecule has 0 saturated carbocycles. The van der Waals surface area contributed by atoms with Crippen LogP contribution < -0.4 is 11.1 Å². The highest BCUT2D eigenvalue weighted by atomic mass is 79.9. The van der Waals surface area contributed by atoms with Crippen LogP contribution in [0.1, 0.15) is 16.8 Å². The van der Waals surface area contributed by atoms with Crippen molar-refractivity contribution in [1.29, 1.82) is 0 Å². The molecule has 1 aromatic rings. The Bertz CT molecular complexity index is 419. The molecule has 1 amide bonds. The monoisotopic (exact) mass is 299 g/mol. The number of pyridine rings is 1. The fourth-order valence-corrected chi connectivity index (χ4v) is 2.04. The summed E-state index contributed by atoms with van der Waals surface area (Å²) in [5.41, 5.74) is 6.06. The third-order valence-electron chi connectivity index (χ3n) is 2.71. The molecule has 1 saturated heterocycles. The van der Waals surface area contributed by atoms with Crippen molar-refractivity contribution in [3.8, 4) is 0 Å². The Morgan fingerprint density at radius 2 is 2.53 bits per heavy atom. The van der Waals surface area contributed by atoms with Gasteiger partial charge in [-0.15, -0.1) is 0 Å². The fourth-order valence-electron chi connectivity index (χ4n) is 1.71. The minimum absolute atomic E-state index is 0.191. The molecule has 5 nitrogen and oxygen atoms in total. The van der Waals surface area contributed by atoms with Gasteiger partial charge in [0.25, 0.3) is 5.91 Å². The Labute approximate surface area is 108 Å². The summed E-state index contributed by atoms with van der Waals surface area (Å²) in [6.07, 6.45) is 2.56. The number of nitrogens with zero attached hydrogens (tertiary/aromatic N) is 1. The SMILES string of the molecule is Nc1ncc(Br)cc1C(=O)NCC1CCOC1. The molecule has 1 atom stereocenters. The van der Waals surface area contributed by atoms with E-state index in [1.165, 1.54) is 0 Å². The van der Waals surface area contributed by atoms with Crippen LogP contribution in [0.4, 0.5) is 5.82 Å². The number of aromatic nitrogens is 1. The van der Waals surface area contributed by atoms with E-state index >= 15 is 0 Å². The van der Waals surface area contributed by atoms with Gasteiger partial charge in [-0.05, 0) is 28.4 Å². The van der Waals surface area contributed by atoms with E-state index in [-0.39, 0.29) is 11.7 Å². The van der Waals surface area contributed by atoms with Gasteiger partial charge < -0.3 is 15.8 Å². The first-order valence-corrected chi connectivity index (χ1v) is 6.23. The van der Waals surface area contributed by atoms with Crippen molar-refractivity contribution < 1.29 is 9.53 Å². The van der Waals surface area contributed by atoms with Crippen molar-refractivity contribution in [1.82, 2.24) is 10.3 Å². The number of ether oxygens (including phenoxy) is 1. The van der Waals surface area contributed by atoms with Crippen LogP contribution in [0, 0.1) is 5.92 Å². The van der Waals surface area contributed by atoms with Crippen molar-refractivity contribution in [3.63, 3.8) is 0 Å². The number of halogens is 1. The molecular weight excluding hydrogens is 286 g/mol. The summed E-state index contributed by atoms with van der Waals surface area (Å²) >= 11 is 3.26. The molecule has 1 aliphatic heterocycles. The summed E-state index contributed by atoms with van der Waals surface area (Å²) in [5, 5.41) is 2.85. The predicted octanol–water partition coefficient (Wildman–Crippen LogP) is 1.19. The predicted molar refractivity (Wildman–Crippen MR) is 67.6 cm³/mol. The number of hydrogen-bond acceptors (Lipinski definition) is 4. The van der Waals surface area contributed by atoms with E-state index in [1.807, 2.05) is 0 Å². The average Bonchev–Trinajstić information content (AvgIpc) is 2.82. The van der Waals surface area contributed by atoms with E-state index in [1.54, 1.807) is 12.3 Å². The van der Waals surface area contributed by atoms with Crippen LogP contribution >= 0.6 is 15.9 Å². The molecule has 0 aliphatic carbocycles. The number of nitrogens with two attached hydrogens (primary N) is 1. The molecule has 1 aromatic heterocycles. The number of hydrogen-bond donors (Lipinski definition) is 2. The van der Waals surface area contributed by atoms with Gasteiger partial charge in [0, 0.05) is 29.7 Å². The highest BCUT2D eigenvalue weighted by molar-refractivity contribution is 9.10. The lowest BCUT2D eigenvalue weighted by atomic mass is 10.1. The van der Waals surface area contributed by atoms with Crippen molar-refractivity contribution in [2.75, 3.05) is 25.5 Å². The van der Waals surface area contributed by atoms with Crippen molar-refractivity contribution in [3.05, 3.63) is 22.3 Å². The Morgan fingerprint density at radius 3 is 3.24 bits per heavy atom. The molecular formula is C11H14BrN3O2. The third-order valence-corrected chi connectivity index (χ3v) is 3.14. The van der Waals surface area contributed by atoms with Crippen LogP contribution in [0.5, 0.6) is 0 Å². The quantitative estimate of drug-likeness (QED) is 0.879. The molecule has 0 spiro atoms. The smallest absolute Gasteiger partial charge is 0.255 e. The van der Waals surface area contributed by atoms with E-state index in [2.05, 4.69) is 26.2 Å². The first kappa shape index (κ1) is 12.3. The second-order valence-electron chi connectivity index (χ2n) is 4.03. The maximum absolute atomic E-state index is 11.9. The maximum Gasteiger partial charge on any atom is 0.255 e. The van der Waals surface area contributed by atoms with Crippen LogP contribution in [0.25, 0.3) is 0 Å². The van der Waals surface area contributed by atoms with Gasteiger partial charge in [0.15, 0.2) is 0 Å².